The van der Waals surface area contributed by atoms with E-state index >= 15 is 0 Å². The van der Waals surface area contributed by atoms with Gasteiger partial charge in [-0.1, -0.05) is 6.07 Å². The van der Waals surface area contributed by atoms with Crippen LogP contribution in [-0.2, 0) is 6.42 Å². The van der Waals surface area contributed by atoms with Crippen molar-refractivity contribution in [3.63, 3.8) is 0 Å². The largest absolute Gasteiger partial charge is 0.310 e. The molecule has 3 aromatic rings. The maximum absolute atomic E-state index is 13.4. The third-order valence-electron chi connectivity index (χ3n) is 4.62. The van der Waals surface area contributed by atoms with Crippen LogP contribution in [0.15, 0.2) is 35.4 Å². The Hall–Kier alpha value is -2.64. The lowest BCUT2D eigenvalue weighted by atomic mass is 9.92. The van der Waals surface area contributed by atoms with E-state index in [9.17, 15) is 13.6 Å². The van der Waals surface area contributed by atoms with Crippen LogP contribution in [0.5, 0.6) is 0 Å². The van der Waals surface area contributed by atoms with Gasteiger partial charge in [-0.15, -0.1) is 0 Å². The minimum atomic E-state index is -2.60. The number of H-pyrrole nitrogens is 1. The van der Waals surface area contributed by atoms with Crippen molar-refractivity contribution in [2.75, 3.05) is 0 Å². The quantitative estimate of drug-likeness (QED) is 0.792. The molecule has 0 unspecified atom stereocenters. The van der Waals surface area contributed by atoms with E-state index in [0.717, 1.165) is 5.69 Å². The Balaban J connectivity index is 1.68. The zero-order valence-electron chi connectivity index (χ0n) is 13.5. The number of rotatable bonds is 3. The second-order valence-corrected chi connectivity index (χ2v) is 6.42. The van der Waals surface area contributed by atoms with Gasteiger partial charge < -0.3 is 4.98 Å². The molecule has 130 valence electrons. The minimum Gasteiger partial charge on any atom is -0.310 e. The van der Waals surface area contributed by atoms with E-state index in [4.69, 9.17) is 0 Å². The standard InChI is InChI=1S/C17H17F2N5O/c18-17(19)6-4-12(5-7-17)24-15-13(10-21-24)16(25)23-14(22-15)9-11-3-1-2-8-20-11/h1-3,8,10,12H,4-7,9H2,(H,22,23,25). The van der Waals surface area contributed by atoms with E-state index in [1.54, 1.807) is 10.9 Å². The van der Waals surface area contributed by atoms with Crippen molar-refractivity contribution in [3.05, 3.63) is 52.5 Å². The third-order valence-corrected chi connectivity index (χ3v) is 4.62. The van der Waals surface area contributed by atoms with Gasteiger partial charge in [0.15, 0.2) is 5.65 Å². The minimum absolute atomic E-state index is 0.158. The van der Waals surface area contributed by atoms with Crippen molar-refractivity contribution >= 4 is 11.0 Å². The van der Waals surface area contributed by atoms with Crippen LogP contribution < -0.4 is 5.56 Å². The van der Waals surface area contributed by atoms with Gasteiger partial charge in [-0.25, -0.2) is 18.4 Å². The third kappa shape index (κ3) is 3.16. The number of hydrogen-bond acceptors (Lipinski definition) is 4. The van der Waals surface area contributed by atoms with Crippen molar-refractivity contribution in [2.24, 2.45) is 0 Å². The summed E-state index contributed by atoms with van der Waals surface area (Å²) in [7, 11) is 0. The van der Waals surface area contributed by atoms with Crippen molar-refractivity contribution in [1.29, 1.82) is 0 Å². The fourth-order valence-electron chi connectivity index (χ4n) is 3.28. The Labute approximate surface area is 141 Å². The Kier molecular flexibility index (Phi) is 3.82. The van der Waals surface area contributed by atoms with Crippen LogP contribution in [-0.4, -0.2) is 30.7 Å². The molecule has 1 aliphatic rings. The summed E-state index contributed by atoms with van der Waals surface area (Å²) in [5.41, 5.74) is 0.960. The van der Waals surface area contributed by atoms with Gasteiger partial charge in [-0.2, -0.15) is 5.10 Å². The van der Waals surface area contributed by atoms with Gasteiger partial charge in [0.1, 0.15) is 11.2 Å². The van der Waals surface area contributed by atoms with Crippen molar-refractivity contribution in [1.82, 2.24) is 24.7 Å². The van der Waals surface area contributed by atoms with Gasteiger partial charge in [0.25, 0.3) is 5.56 Å². The zero-order chi connectivity index (χ0) is 17.4. The maximum Gasteiger partial charge on any atom is 0.262 e. The lowest BCUT2D eigenvalue weighted by Gasteiger charge is -2.28. The molecule has 1 N–H and O–H groups in total. The summed E-state index contributed by atoms with van der Waals surface area (Å²) in [6, 6.07) is 5.38. The normalized spacial score (nSPS) is 17.8. The molecule has 0 amide bonds. The average Bonchev–Trinajstić information content (AvgIpc) is 3.00. The number of nitrogens with zero attached hydrogens (tertiary/aromatic N) is 4. The SMILES string of the molecule is O=c1[nH]c(Cc2ccccn2)nc2c1cnn2C1CCC(F)(F)CC1. The molecule has 0 bridgehead atoms. The Morgan fingerprint density at radius 2 is 2.08 bits per heavy atom. The summed E-state index contributed by atoms with van der Waals surface area (Å²) in [5.74, 6) is -2.12. The summed E-state index contributed by atoms with van der Waals surface area (Å²) in [6.07, 6.45) is 3.85. The molecule has 8 heteroatoms. The lowest BCUT2D eigenvalue weighted by Crippen LogP contribution is -2.27. The topological polar surface area (TPSA) is 76.5 Å². The van der Waals surface area contributed by atoms with Gasteiger partial charge in [-0.3, -0.25) is 9.78 Å². The number of alkyl halides is 2. The predicted octanol–water partition coefficient (Wildman–Crippen LogP) is 2.86. The molecular formula is C17H17F2N5O. The molecule has 0 spiro atoms. The molecule has 0 atom stereocenters. The first-order valence-electron chi connectivity index (χ1n) is 8.26. The van der Waals surface area contributed by atoms with Gasteiger partial charge >= 0.3 is 0 Å². The number of aromatic amines is 1. The summed E-state index contributed by atoms with van der Waals surface area (Å²) in [6.45, 7) is 0. The van der Waals surface area contributed by atoms with Crippen LogP contribution in [0, 0.1) is 0 Å². The first kappa shape index (κ1) is 15.9. The summed E-state index contributed by atoms with van der Waals surface area (Å²) in [5, 5.41) is 4.63. The van der Waals surface area contributed by atoms with Gasteiger partial charge in [0, 0.05) is 31.2 Å². The monoisotopic (exact) mass is 345 g/mol. The van der Waals surface area contributed by atoms with E-state index in [1.165, 1.54) is 6.20 Å². The van der Waals surface area contributed by atoms with Crippen LogP contribution in [0.1, 0.15) is 43.2 Å². The van der Waals surface area contributed by atoms with Crippen LogP contribution in [0.2, 0.25) is 0 Å². The highest BCUT2D eigenvalue weighted by atomic mass is 19.3. The second-order valence-electron chi connectivity index (χ2n) is 6.42. The smallest absolute Gasteiger partial charge is 0.262 e. The highest BCUT2D eigenvalue weighted by Gasteiger charge is 2.36. The van der Waals surface area contributed by atoms with Crippen molar-refractivity contribution in [2.45, 2.75) is 44.1 Å². The van der Waals surface area contributed by atoms with Crippen LogP contribution in [0.4, 0.5) is 8.78 Å². The molecule has 0 aliphatic heterocycles. The van der Waals surface area contributed by atoms with E-state index in [-0.39, 0.29) is 24.4 Å². The molecular weight excluding hydrogens is 328 g/mol. The molecule has 6 nitrogen and oxygen atoms in total. The first-order valence-corrected chi connectivity index (χ1v) is 8.26. The molecule has 3 aromatic heterocycles. The molecule has 0 radical (unpaired) electrons. The molecule has 1 fully saturated rings. The Bertz CT molecular complexity index is 941. The van der Waals surface area contributed by atoms with Crippen molar-refractivity contribution < 1.29 is 8.78 Å². The number of fused-ring (bicyclic) bond motifs is 1. The fourth-order valence-corrected chi connectivity index (χ4v) is 3.28. The number of pyridine rings is 1. The van der Waals surface area contributed by atoms with E-state index in [2.05, 4.69) is 20.1 Å². The van der Waals surface area contributed by atoms with E-state index in [0.29, 0.717) is 36.1 Å². The zero-order valence-corrected chi connectivity index (χ0v) is 13.5. The molecule has 0 saturated heterocycles. The fraction of sp³-hybridized carbons (Fsp3) is 0.412. The molecule has 1 saturated carbocycles. The molecule has 25 heavy (non-hydrogen) atoms. The highest BCUT2D eigenvalue weighted by molar-refractivity contribution is 5.73. The van der Waals surface area contributed by atoms with E-state index in [1.807, 2.05) is 18.2 Å². The number of nitrogens with one attached hydrogen (secondary N) is 1. The molecule has 4 rings (SSSR count). The molecule has 3 heterocycles. The average molecular weight is 345 g/mol. The number of halogens is 2. The molecule has 0 aromatic carbocycles. The van der Waals surface area contributed by atoms with Crippen LogP contribution in [0.25, 0.3) is 11.0 Å². The first-order chi connectivity index (χ1) is 12.0. The Morgan fingerprint density at radius 1 is 1.28 bits per heavy atom. The van der Waals surface area contributed by atoms with Gasteiger partial charge in [-0.05, 0) is 25.0 Å². The number of aromatic nitrogens is 5. The van der Waals surface area contributed by atoms with Crippen LogP contribution >= 0.6 is 0 Å². The maximum atomic E-state index is 13.4. The summed E-state index contributed by atoms with van der Waals surface area (Å²) >= 11 is 0. The van der Waals surface area contributed by atoms with Gasteiger partial charge in [0.05, 0.1) is 12.2 Å². The highest BCUT2D eigenvalue weighted by Crippen LogP contribution is 2.38. The Morgan fingerprint density at radius 3 is 2.80 bits per heavy atom. The van der Waals surface area contributed by atoms with E-state index < -0.39 is 5.92 Å². The summed E-state index contributed by atoms with van der Waals surface area (Å²) in [4.78, 5) is 23.8. The van der Waals surface area contributed by atoms with Crippen LogP contribution in [0.3, 0.4) is 0 Å². The molecule has 1 aliphatic carbocycles. The summed E-state index contributed by atoms with van der Waals surface area (Å²) < 4.78 is 28.4. The van der Waals surface area contributed by atoms with Gasteiger partial charge in [0.2, 0.25) is 5.92 Å². The lowest BCUT2D eigenvalue weighted by molar-refractivity contribution is -0.0446. The number of hydrogen-bond donors (Lipinski definition) is 1. The predicted molar refractivity (Wildman–Crippen MR) is 87.6 cm³/mol. The van der Waals surface area contributed by atoms with Crippen molar-refractivity contribution in [3.8, 4) is 0 Å². The second kappa shape index (κ2) is 6.02.